The monoisotopic (exact) mass is 206 g/mol. The SMILES string of the molecule is C=C(C)CN(C)CC(F)(F)CNCC. The fourth-order valence-electron chi connectivity index (χ4n) is 1.28. The van der Waals surface area contributed by atoms with Crippen LogP contribution in [0.25, 0.3) is 0 Å². The molecule has 84 valence electrons. The van der Waals surface area contributed by atoms with E-state index in [1.807, 2.05) is 13.8 Å². The van der Waals surface area contributed by atoms with Gasteiger partial charge >= 0.3 is 0 Å². The van der Waals surface area contributed by atoms with Crippen LogP contribution in [0.2, 0.25) is 0 Å². The highest BCUT2D eigenvalue weighted by atomic mass is 19.3. The van der Waals surface area contributed by atoms with Crippen molar-refractivity contribution in [3.8, 4) is 0 Å². The Morgan fingerprint density at radius 1 is 1.50 bits per heavy atom. The molecule has 0 fully saturated rings. The van der Waals surface area contributed by atoms with Crippen LogP contribution in [0.1, 0.15) is 13.8 Å². The average molecular weight is 206 g/mol. The summed E-state index contributed by atoms with van der Waals surface area (Å²) in [6, 6.07) is 0. The molecule has 0 saturated carbocycles. The number of likely N-dealkylation sites (N-methyl/N-ethyl adjacent to an activating group) is 1. The third-order valence-electron chi connectivity index (χ3n) is 1.67. The molecule has 0 bridgehead atoms. The lowest BCUT2D eigenvalue weighted by atomic mass is 10.2. The van der Waals surface area contributed by atoms with Crippen LogP contribution in [0, 0.1) is 0 Å². The van der Waals surface area contributed by atoms with E-state index in [1.165, 1.54) is 0 Å². The van der Waals surface area contributed by atoms with Gasteiger partial charge in [-0.15, -0.1) is 0 Å². The van der Waals surface area contributed by atoms with E-state index in [9.17, 15) is 8.78 Å². The zero-order valence-corrected chi connectivity index (χ0v) is 9.24. The molecule has 0 aromatic rings. The van der Waals surface area contributed by atoms with Gasteiger partial charge in [-0.1, -0.05) is 19.1 Å². The first-order valence-corrected chi connectivity index (χ1v) is 4.79. The largest absolute Gasteiger partial charge is 0.311 e. The summed E-state index contributed by atoms with van der Waals surface area (Å²) in [7, 11) is 1.68. The summed E-state index contributed by atoms with van der Waals surface area (Å²) in [4.78, 5) is 1.58. The number of nitrogens with zero attached hydrogens (tertiary/aromatic N) is 1. The van der Waals surface area contributed by atoms with Crippen molar-refractivity contribution < 1.29 is 8.78 Å². The second-order valence-corrected chi connectivity index (χ2v) is 3.77. The van der Waals surface area contributed by atoms with Crippen molar-refractivity contribution in [1.29, 1.82) is 0 Å². The Morgan fingerprint density at radius 3 is 2.50 bits per heavy atom. The molecule has 0 spiro atoms. The van der Waals surface area contributed by atoms with E-state index < -0.39 is 5.92 Å². The molecule has 14 heavy (non-hydrogen) atoms. The summed E-state index contributed by atoms with van der Waals surface area (Å²) in [6.45, 7) is 7.93. The molecule has 0 saturated heterocycles. The highest BCUT2D eigenvalue weighted by molar-refractivity contribution is 4.92. The van der Waals surface area contributed by atoms with Crippen molar-refractivity contribution in [2.24, 2.45) is 0 Å². The number of hydrogen-bond acceptors (Lipinski definition) is 2. The Hall–Kier alpha value is -0.480. The van der Waals surface area contributed by atoms with E-state index in [0.717, 1.165) is 5.57 Å². The van der Waals surface area contributed by atoms with Gasteiger partial charge in [-0.3, -0.25) is 4.90 Å². The third-order valence-corrected chi connectivity index (χ3v) is 1.67. The molecule has 0 aliphatic carbocycles. The minimum Gasteiger partial charge on any atom is -0.311 e. The molecule has 0 aromatic carbocycles. The predicted octanol–water partition coefficient (Wildman–Crippen LogP) is 1.74. The lowest BCUT2D eigenvalue weighted by Crippen LogP contribution is -2.42. The topological polar surface area (TPSA) is 15.3 Å². The van der Waals surface area contributed by atoms with Crippen molar-refractivity contribution in [2.75, 3.05) is 33.2 Å². The van der Waals surface area contributed by atoms with Gasteiger partial charge in [-0.2, -0.15) is 0 Å². The highest BCUT2D eigenvalue weighted by Gasteiger charge is 2.29. The summed E-state index contributed by atoms with van der Waals surface area (Å²) in [5, 5.41) is 2.65. The fourth-order valence-corrected chi connectivity index (χ4v) is 1.28. The molecular formula is C10H20F2N2. The molecule has 0 atom stereocenters. The van der Waals surface area contributed by atoms with Gasteiger partial charge in [0.1, 0.15) is 0 Å². The number of halogens is 2. The number of hydrogen-bond donors (Lipinski definition) is 1. The van der Waals surface area contributed by atoms with Gasteiger partial charge in [-0.05, 0) is 20.5 Å². The molecule has 0 heterocycles. The molecule has 0 radical (unpaired) electrons. The normalized spacial score (nSPS) is 12.1. The van der Waals surface area contributed by atoms with Crippen LogP contribution in [0.3, 0.4) is 0 Å². The summed E-state index contributed by atoms with van der Waals surface area (Å²) >= 11 is 0. The van der Waals surface area contributed by atoms with E-state index in [0.29, 0.717) is 13.1 Å². The molecule has 0 amide bonds. The summed E-state index contributed by atoms with van der Waals surface area (Å²) in [5.74, 6) is -2.67. The van der Waals surface area contributed by atoms with E-state index in [1.54, 1.807) is 11.9 Å². The Labute approximate surface area is 85.0 Å². The molecule has 0 unspecified atom stereocenters. The first kappa shape index (κ1) is 13.5. The molecule has 0 aromatic heterocycles. The van der Waals surface area contributed by atoms with E-state index >= 15 is 0 Å². The van der Waals surface area contributed by atoms with Crippen molar-refractivity contribution in [3.05, 3.63) is 12.2 Å². The standard InChI is InChI=1S/C10H20F2N2/c1-5-13-7-10(11,12)8-14(4)6-9(2)3/h13H,2,5-8H2,1,3-4H3. The van der Waals surface area contributed by atoms with Crippen LogP contribution < -0.4 is 5.32 Å². The Kier molecular flexibility index (Phi) is 5.88. The van der Waals surface area contributed by atoms with Gasteiger partial charge in [0.15, 0.2) is 0 Å². The van der Waals surface area contributed by atoms with Crippen molar-refractivity contribution in [2.45, 2.75) is 19.8 Å². The minimum atomic E-state index is -2.67. The van der Waals surface area contributed by atoms with E-state index in [-0.39, 0.29) is 13.1 Å². The van der Waals surface area contributed by atoms with Gasteiger partial charge in [0, 0.05) is 6.54 Å². The molecule has 2 nitrogen and oxygen atoms in total. The second-order valence-electron chi connectivity index (χ2n) is 3.77. The maximum Gasteiger partial charge on any atom is 0.272 e. The van der Waals surface area contributed by atoms with Crippen molar-refractivity contribution in [3.63, 3.8) is 0 Å². The highest BCUT2D eigenvalue weighted by Crippen LogP contribution is 2.13. The number of alkyl halides is 2. The van der Waals surface area contributed by atoms with Crippen LogP contribution in [0.15, 0.2) is 12.2 Å². The Morgan fingerprint density at radius 2 is 2.07 bits per heavy atom. The van der Waals surface area contributed by atoms with Crippen LogP contribution in [-0.2, 0) is 0 Å². The molecule has 0 aliphatic rings. The van der Waals surface area contributed by atoms with Crippen molar-refractivity contribution in [1.82, 2.24) is 10.2 Å². The summed E-state index contributed by atoms with van der Waals surface area (Å²) < 4.78 is 26.4. The first-order chi connectivity index (χ1) is 6.37. The maximum absolute atomic E-state index is 13.2. The van der Waals surface area contributed by atoms with Crippen LogP contribution in [-0.4, -0.2) is 44.0 Å². The lowest BCUT2D eigenvalue weighted by molar-refractivity contribution is -0.0225. The first-order valence-electron chi connectivity index (χ1n) is 4.79. The smallest absolute Gasteiger partial charge is 0.272 e. The maximum atomic E-state index is 13.2. The van der Waals surface area contributed by atoms with Gasteiger partial charge in [0.25, 0.3) is 5.92 Å². The van der Waals surface area contributed by atoms with Gasteiger partial charge in [0.05, 0.1) is 13.1 Å². The molecule has 0 aliphatic heterocycles. The average Bonchev–Trinajstić information content (AvgIpc) is 1.98. The zero-order valence-electron chi connectivity index (χ0n) is 9.24. The number of rotatable bonds is 7. The second kappa shape index (κ2) is 6.09. The fraction of sp³-hybridized carbons (Fsp3) is 0.800. The lowest BCUT2D eigenvalue weighted by Gasteiger charge is -2.23. The predicted molar refractivity (Wildman–Crippen MR) is 55.8 cm³/mol. The van der Waals surface area contributed by atoms with Gasteiger partial charge in [0.2, 0.25) is 0 Å². The quantitative estimate of drug-likeness (QED) is 0.638. The van der Waals surface area contributed by atoms with Gasteiger partial charge in [-0.25, -0.2) is 8.78 Å². The van der Waals surface area contributed by atoms with Gasteiger partial charge < -0.3 is 5.32 Å². The zero-order chi connectivity index (χ0) is 11.2. The van der Waals surface area contributed by atoms with Crippen LogP contribution in [0.5, 0.6) is 0 Å². The molecule has 4 heteroatoms. The molecule has 1 N–H and O–H groups in total. The number of nitrogens with one attached hydrogen (secondary N) is 1. The third kappa shape index (κ3) is 6.97. The summed E-state index contributed by atoms with van der Waals surface area (Å²) in [6.07, 6.45) is 0. The van der Waals surface area contributed by atoms with Crippen molar-refractivity contribution >= 4 is 0 Å². The summed E-state index contributed by atoms with van der Waals surface area (Å²) in [5.41, 5.74) is 0.895. The Bertz CT molecular complexity index is 181. The molecule has 0 rings (SSSR count). The van der Waals surface area contributed by atoms with Crippen LogP contribution in [0.4, 0.5) is 8.78 Å². The Balaban J connectivity index is 3.87. The van der Waals surface area contributed by atoms with Crippen LogP contribution >= 0.6 is 0 Å². The van der Waals surface area contributed by atoms with E-state index in [2.05, 4.69) is 11.9 Å². The van der Waals surface area contributed by atoms with E-state index in [4.69, 9.17) is 0 Å². The molecular weight excluding hydrogens is 186 g/mol. The minimum absolute atomic E-state index is 0.229.